The van der Waals surface area contributed by atoms with Gasteiger partial charge in [-0.1, -0.05) is 25.1 Å². The molecule has 0 aromatic heterocycles. The first-order valence-electron chi connectivity index (χ1n) is 11.9. The minimum absolute atomic E-state index is 0.100. The van der Waals surface area contributed by atoms with Crippen LogP contribution in [0.2, 0.25) is 0 Å². The molecule has 2 aromatic rings. The largest absolute Gasteiger partial charge is 0.426 e. The summed E-state index contributed by atoms with van der Waals surface area (Å²) in [6, 6.07) is 14.0. The lowest BCUT2D eigenvalue weighted by Crippen LogP contribution is -2.30. The van der Waals surface area contributed by atoms with E-state index in [9.17, 15) is 19.2 Å². The van der Waals surface area contributed by atoms with E-state index in [0.29, 0.717) is 17.4 Å². The molecule has 0 N–H and O–H groups in total. The highest BCUT2D eigenvalue weighted by molar-refractivity contribution is 6.22. The van der Waals surface area contributed by atoms with Gasteiger partial charge in [0, 0.05) is 18.7 Å². The van der Waals surface area contributed by atoms with E-state index in [1.807, 2.05) is 31.2 Å². The number of hydrogen-bond donors (Lipinski definition) is 0. The van der Waals surface area contributed by atoms with E-state index in [4.69, 9.17) is 4.74 Å². The van der Waals surface area contributed by atoms with Gasteiger partial charge in [0.1, 0.15) is 5.75 Å². The number of rotatable bonds is 4. The van der Waals surface area contributed by atoms with Crippen molar-refractivity contribution in [1.29, 1.82) is 0 Å². The number of benzene rings is 2. The molecule has 0 bridgehead atoms. The van der Waals surface area contributed by atoms with Crippen molar-refractivity contribution in [2.45, 2.75) is 39.5 Å². The van der Waals surface area contributed by atoms with Crippen LogP contribution in [0.1, 0.15) is 38.2 Å². The lowest BCUT2D eigenvalue weighted by Gasteiger charge is -2.25. The number of hydrogen-bond acceptors (Lipinski definition) is 5. The average molecular weight is 461 g/mol. The van der Waals surface area contributed by atoms with Gasteiger partial charge in [0.2, 0.25) is 17.7 Å². The molecule has 34 heavy (non-hydrogen) atoms. The molecule has 3 aliphatic rings. The van der Waals surface area contributed by atoms with Crippen LogP contribution < -0.4 is 14.5 Å². The van der Waals surface area contributed by atoms with Gasteiger partial charge < -0.3 is 9.64 Å². The third-order valence-corrected chi connectivity index (χ3v) is 7.37. The van der Waals surface area contributed by atoms with Gasteiger partial charge in [0.15, 0.2) is 0 Å². The van der Waals surface area contributed by atoms with Gasteiger partial charge in [0.05, 0.1) is 23.4 Å². The monoisotopic (exact) mass is 460 g/mol. The zero-order chi connectivity index (χ0) is 24.0. The molecule has 1 aliphatic carbocycles. The minimum Gasteiger partial charge on any atom is -0.426 e. The van der Waals surface area contributed by atoms with E-state index >= 15 is 0 Å². The number of anilines is 2. The van der Waals surface area contributed by atoms with E-state index < -0.39 is 11.9 Å². The van der Waals surface area contributed by atoms with Crippen LogP contribution in [0.5, 0.6) is 5.75 Å². The molecule has 1 saturated carbocycles. The third-order valence-electron chi connectivity index (χ3n) is 7.37. The molecule has 3 amide bonds. The summed E-state index contributed by atoms with van der Waals surface area (Å²) in [6.07, 6.45) is 2.57. The van der Waals surface area contributed by atoms with Gasteiger partial charge in [-0.25, -0.2) is 0 Å². The number of aryl methyl sites for hydroxylation is 1. The number of amides is 3. The van der Waals surface area contributed by atoms with Gasteiger partial charge in [-0.15, -0.1) is 0 Å². The highest BCUT2D eigenvalue weighted by atomic mass is 16.5. The fraction of sp³-hybridized carbons (Fsp3) is 0.407. The second-order valence-electron chi connectivity index (χ2n) is 9.75. The summed E-state index contributed by atoms with van der Waals surface area (Å²) in [5.41, 5.74) is 2.28. The molecule has 0 unspecified atom stereocenters. The number of carbonyl (C=O) groups is 4. The number of para-hydroxylation sites is 1. The molecule has 2 aromatic carbocycles. The number of carbonyl (C=O) groups excluding carboxylic acids is 4. The molecule has 0 spiro atoms. The molecule has 5 rings (SSSR count). The average Bonchev–Trinajstić information content (AvgIpc) is 3.32. The lowest BCUT2D eigenvalue weighted by atomic mass is 9.76. The zero-order valence-electron chi connectivity index (χ0n) is 19.4. The Labute approximate surface area is 198 Å². The topological polar surface area (TPSA) is 84.0 Å². The van der Waals surface area contributed by atoms with Crippen molar-refractivity contribution in [3.05, 3.63) is 54.1 Å². The third kappa shape index (κ3) is 3.89. The lowest BCUT2D eigenvalue weighted by molar-refractivity contribution is -0.139. The Balaban J connectivity index is 1.25. The first-order chi connectivity index (χ1) is 16.3. The van der Waals surface area contributed by atoms with Crippen LogP contribution in [0.3, 0.4) is 0 Å². The maximum atomic E-state index is 12.9. The smallest absolute Gasteiger partial charge is 0.316 e. The number of imide groups is 1. The Hall–Kier alpha value is -3.48. The highest BCUT2D eigenvalue weighted by Gasteiger charge is 2.50. The fourth-order valence-electron chi connectivity index (χ4n) is 5.47. The maximum absolute atomic E-state index is 12.9. The van der Waals surface area contributed by atoms with Crippen molar-refractivity contribution in [3.8, 4) is 5.75 Å². The van der Waals surface area contributed by atoms with Crippen LogP contribution in [0, 0.1) is 30.6 Å². The van der Waals surface area contributed by atoms with Crippen LogP contribution in [0.4, 0.5) is 11.4 Å². The normalized spacial score (nSPS) is 26.7. The highest BCUT2D eigenvalue weighted by Crippen LogP contribution is 2.42. The van der Waals surface area contributed by atoms with Gasteiger partial charge in [-0.2, -0.15) is 0 Å². The Morgan fingerprint density at radius 3 is 2.38 bits per heavy atom. The second-order valence-corrected chi connectivity index (χ2v) is 9.75. The van der Waals surface area contributed by atoms with Crippen molar-refractivity contribution in [2.75, 3.05) is 16.3 Å². The Morgan fingerprint density at radius 1 is 0.941 bits per heavy atom. The Morgan fingerprint density at radius 2 is 1.65 bits per heavy atom. The van der Waals surface area contributed by atoms with E-state index in [1.165, 1.54) is 4.90 Å². The van der Waals surface area contributed by atoms with Crippen LogP contribution in [0.15, 0.2) is 48.5 Å². The predicted octanol–water partition coefficient (Wildman–Crippen LogP) is 3.88. The van der Waals surface area contributed by atoms with Crippen molar-refractivity contribution >= 4 is 35.1 Å². The quantitative estimate of drug-likeness (QED) is 0.393. The molecule has 7 heteroatoms. The van der Waals surface area contributed by atoms with E-state index in [1.54, 1.807) is 29.2 Å². The number of esters is 1. The van der Waals surface area contributed by atoms with E-state index in [0.717, 1.165) is 30.5 Å². The summed E-state index contributed by atoms with van der Waals surface area (Å²) in [7, 11) is 0. The molecule has 4 atom stereocenters. The fourth-order valence-corrected chi connectivity index (χ4v) is 5.47. The van der Waals surface area contributed by atoms with Crippen molar-refractivity contribution < 1.29 is 23.9 Å². The van der Waals surface area contributed by atoms with E-state index in [-0.39, 0.29) is 42.5 Å². The molecule has 7 nitrogen and oxygen atoms in total. The molecule has 0 radical (unpaired) electrons. The number of fused-ring (bicyclic) bond motifs is 1. The second kappa shape index (κ2) is 8.70. The molecular formula is C27H28N2O5. The minimum atomic E-state index is -0.557. The van der Waals surface area contributed by atoms with Gasteiger partial charge in [-0.3, -0.25) is 24.1 Å². The zero-order valence-corrected chi connectivity index (χ0v) is 19.4. The summed E-state index contributed by atoms with van der Waals surface area (Å²) in [4.78, 5) is 54.0. The Bertz CT molecular complexity index is 1160. The maximum Gasteiger partial charge on any atom is 0.316 e. The molecule has 2 heterocycles. The molecule has 3 fully saturated rings. The van der Waals surface area contributed by atoms with Crippen LogP contribution in [0.25, 0.3) is 0 Å². The number of ether oxygens (including phenoxy) is 1. The first-order valence-corrected chi connectivity index (χ1v) is 11.9. The summed E-state index contributed by atoms with van der Waals surface area (Å²) in [5.74, 6) is -1.08. The van der Waals surface area contributed by atoms with Crippen molar-refractivity contribution in [2.24, 2.45) is 23.7 Å². The van der Waals surface area contributed by atoms with Crippen LogP contribution in [-0.4, -0.2) is 30.2 Å². The molecule has 2 aliphatic heterocycles. The van der Waals surface area contributed by atoms with Crippen molar-refractivity contribution in [1.82, 2.24) is 0 Å². The molecular weight excluding hydrogens is 432 g/mol. The van der Waals surface area contributed by atoms with Gasteiger partial charge in [-0.05, 0) is 68.0 Å². The molecule has 176 valence electrons. The Kier molecular flexibility index (Phi) is 5.71. The summed E-state index contributed by atoms with van der Waals surface area (Å²) in [6.45, 7) is 4.33. The molecule has 2 saturated heterocycles. The standard InChI is InChI=1S/C27H28N2O5/c1-16-7-12-21-22(13-16)26(32)29(25(21)31)19-8-10-20(11-9-19)34-27(33)18-14-24(30)28(15-18)23-6-4-3-5-17(23)2/h3-6,8-11,16,18,21-22H,7,12-15H2,1-2H3/t16-,18-,21-,22-/m1/s1. The van der Waals surface area contributed by atoms with Gasteiger partial charge in [0.25, 0.3) is 0 Å². The summed E-state index contributed by atoms with van der Waals surface area (Å²) in [5, 5.41) is 0. The van der Waals surface area contributed by atoms with Crippen molar-refractivity contribution in [3.63, 3.8) is 0 Å². The number of nitrogens with zero attached hydrogens (tertiary/aromatic N) is 2. The van der Waals surface area contributed by atoms with Gasteiger partial charge >= 0.3 is 5.97 Å². The predicted molar refractivity (Wildman–Crippen MR) is 126 cm³/mol. The summed E-state index contributed by atoms with van der Waals surface area (Å²) < 4.78 is 5.53. The van der Waals surface area contributed by atoms with E-state index in [2.05, 4.69) is 6.92 Å². The van der Waals surface area contributed by atoms with Crippen LogP contribution >= 0.6 is 0 Å². The summed E-state index contributed by atoms with van der Waals surface area (Å²) >= 11 is 0. The van der Waals surface area contributed by atoms with Crippen LogP contribution in [-0.2, 0) is 19.2 Å². The first kappa shape index (κ1) is 22.3. The SMILES string of the molecule is Cc1ccccc1N1C[C@H](C(=O)Oc2ccc(N3C(=O)[C@@H]4CC[C@@H](C)C[C@H]4C3=O)cc2)CC1=O.